The van der Waals surface area contributed by atoms with E-state index in [0.717, 1.165) is 40.8 Å². The van der Waals surface area contributed by atoms with Gasteiger partial charge in [-0.2, -0.15) is 0 Å². The number of benzene rings is 2. The smallest absolute Gasteiger partial charge is 0.245 e. The normalized spacial score (nSPS) is 15.3. The van der Waals surface area contributed by atoms with Crippen LogP contribution >= 0.6 is 0 Å². The quantitative estimate of drug-likeness (QED) is 0.550. The lowest BCUT2D eigenvalue weighted by Crippen LogP contribution is -2.52. The van der Waals surface area contributed by atoms with Crippen LogP contribution < -0.4 is 14.8 Å². The minimum absolute atomic E-state index is 0.0171. The Morgan fingerprint density at radius 3 is 2.52 bits per heavy atom. The molecule has 0 aliphatic carbocycles. The van der Waals surface area contributed by atoms with Crippen LogP contribution in [0.15, 0.2) is 54.7 Å². The molecule has 7 heteroatoms. The molecule has 0 spiro atoms. The Morgan fingerprint density at radius 1 is 1.09 bits per heavy atom. The van der Waals surface area contributed by atoms with E-state index in [0.29, 0.717) is 26.1 Å². The van der Waals surface area contributed by atoms with Gasteiger partial charge in [0.15, 0.2) is 11.5 Å². The molecule has 1 unspecified atom stereocenters. The Labute approximate surface area is 194 Å². The number of H-pyrrole nitrogens is 1. The van der Waals surface area contributed by atoms with Crippen LogP contribution in [0.2, 0.25) is 0 Å². The summed E-state index contributed by atoms with van der Waals surface area (Å²) in [6.45, 7) is 5.15. The van der Waals surface area contributed by atoms with Gasteiger partial charge in [0.2, 0.25) is 11.8 Å². The number of fused-ring (bicyclic) bond motifs is 1. The number of amides is 2. The summed E-state index contributed by atoms with van der Waals surface area (Å²) < 4.78 is 11.8. The zero-order valence-corrected chi connectivity index (χ0v) is 19.2. The van der Waals surface area contributed by atoms with Crippen LogP contribution in [0.4, 0.5) is 0 Å². The minimum atomic E-state index is -0.599. The van der Waals surface area contributed by atoms with Crippen LogP contribution in [0, 0.1) is 0 Å². The Balaban J connectivity index is 1.39. The number of aromatic amines is 1. The average Bonchev–Trinajstić information content (AvgIpc) is 3.23. The van der Waals surface area contributed by atoms with Crippen LogP contribution in [0.1, 0.15) is 32.3 Å². The lowest BCUT2D eigenvalue weighted by molar-refractivity contribution is -0.137. The molecule has 2 N–H and O–H groups in total. The lowest BCUT2D eigenvalue weighted by atomic mass is 10.0. The second-order valence-electron chi connectivity index (χ2n) is 8.34. The molecule has 2 amide bonds. The van der Waals surface area contributed by atoms with Crippen molar-refractivity contribution < 1.29 is 19.1 Å². The summed E-state index contributed by atoms with van der Waals surface area (Å²) in [6, 6.07) is 15.0. The molecule has 0 radical (unpaired) electrons. The predicted octanol–water partition coefficient (Wildman–Crippen LogP) is 3.68. The van der Waals surface area contributed by atoms with Gasteiger partial charge in [0.05, 0.1) is 6.61 Å². The fourth-order valence-corrected chi connectivity index (χ4v) is 4.38. The van der Waals surface area contributed by atoms with Crippen molar-refractivity contribution in [3.05, 3.63) is 60.3 Å². The van der Waals surface area contributed by atoms with E-state index in [1.54, 1.807) is 0 Å². The summed E-state index contributed by atoms with van der Waals surface area (Å²) in [5.41, 5.74) is 2.04. The highest BCUT2D eigenvalue weighted by Crippen LogP contribution is 2.29. The SMILES string of the molecule is CCOc1ccccc1OC1CCN(C(=O)C(Cc2c[nH]c3ccccc23)NC(C)=O)CC1. The first kappa shape index (κ1) is 22.7. The number of carbonyl (C=O) groups excluding carboxylic acids is 2. The molecule has 3 aromatic rings. The van der Waals surface area contributed by atoms with Crippen LogP contribution in [0.3, 0.4) is 0 Å². The number of para-hydroxylation sites is 3. The Morgan fingerprint density at radius 2 is 1.79 bits per heavy atom. The van der Waals surface area contributed by atoms with Crippen molar-refractivity contribution in [2.75, 3.05) is 19.7 Å². The number of piperidine rings is 1. The van der Waals surface area contributed by atoms with Gasteiger partial charge in [0.1, 0.15) is 12.1 Å². The van der Waals surface area contributed by atoms with Crippen LogP contribution in [-0.4, -0.2) is 53.5 Å². The maximum Gasteiger partial charge on any atom is 0.245 e. The number of likely N-dealkylation sites (tertiary alicyclic amines) is 1. The molecule has 0 saturated carbocycles. The van der Waals surface area contributed by atoms with Crippen LogP contribution in [0.25, 0.3) is 10.9 Å². The molecule has 1 fully saturated rings. The van der Waals surface area contributed by atoms with Gasteiger partial charge < -0.3 is 24.7 Å². The van der Waals surface area contributed by atoms with Gasteiger partial charge in [-0.1, -0.05) is 30.3 Å². The highest BCUT2D eigenvalue weighted by Gasteiger charge is 2.30. The number of rotatable bonds is 8. The second kappa shape index (κ2) is 10.4. The molecule has 0 bridgehead atoms. The summed E-state index contributed by atoms with van der Waals surface area (Å²) >= 11 is 0. The zero-order chi connectivity index (χ0) is 23.2. The number of carbonyl (C=O) groups is 2. The molecule has 7 nitrogen and oxygen atoms in total. The fourth-order valence-electron chi connectivity index (χ4n) is 4.38. The topological polar surface area (TPSA) is 83.7 Å². The maximum atomic E-state index is 13.3. The molecular formula is C26H31N3O4. The Kier molecular flexibility index (Phi) is 7.17. The molecule has 1 aromatic heterocycles. The zero-order valence-electron chi connectivity index (χ0n) is 19.2. The number of nitrogens with zero attached hydrogens (tertiary/aromatic N) is 1. The van der Waals surface area contributed by atoms with Gasteiger partial charge in [0.25, 0.3) is 0 Å². The number of nitrogens with one attached hydrogen (secondary N) is 2. The summed E-state index contributed by atoms with van der Waals surface area (Å²) in [5.74, 6) is 1.21. The molecule has 2 heterocycles. The average molecular weight is 450 g/mol. The van der Waals surface area contributed by atoms with Crippen LogP contribution in [-0.2, 0) is 16.0 Å². The van der Waals surface area contributed by atoms with Crippen molar-refractivity contribution in [2.45, 2.75) is 45.3 Å². The maximum absolute atomic E-state index is 13.3. The molecule has 1 aliphatic rings. The monoisotopic (exact) mass is 449 g/mol. The number of ether oxygens (including phenoxy) is 2. The molecule has 1 aliphatic heterocycles. The van der Waals surface area contributed by atoms with Crippen molar-refractivity contribution in [1.82, 2.24) is 15.2 Å². The fraction of sp³-hybridized carbons (Fsp3) is 0.385. The van der Waals surface area contributed by atoms with Crippen molar-refractivity contribution in [2.24, 2.45) is 0 Å². The standard InChI is InChI=1S/C26H31N3O4/c1-3-32-24-10-6-7-11-25(24)33-20-12-14-29(15-13-20)26(31)23(28-18(2)30)16-19-17-27-22-9-5-4-8-21(19)22/h4-11,17,20,23,27H,3,12-16H2,1-2H3,(H,28,30). The Bertz CT molecular complexity index is 1100. The van der Waals surface area contributed by atoms with Crippen LogP contribution in [0.5, 0.6) is 11.5 Å². The first-order valence-electron chi connectivity index (χ1n) is 11.5. The molecule has 174 valence electrons. The van der Waals surface area contributed by atoms with Gasteiger partial charge in [0, 0.05) is 56.4 Å². The number of hydrogen-bond donors (Lipinski definition) is 2. The number of aromatic nitrogens is 1. The summed E-state index contributed by atoms with van der Waals surface area (Å²) in [4.78, 5) is 30.3. The second-order valence-corrected chi connectivity index (χ2v) is 8.34. The van der Waals surface area contributed by atoms with E-state index in [-0.39, 0.29) is 17.9 Å². The van der Waals surface area contributed by atoms with Crippen molar-refractivity contribution in [1.29, 1.82) is 0 Å². The van der Waals surface area contributed by atoms with Crippen molar-refractivity contribution in [3.63, 3.8) is 0 Å². The third-order valence-corrected chi connectivity index (χ3v) is 5.97. The largest absolute Gasteiger partial charge is 0.490 e. The number of hydrogen-bond acceptors (Lipinski definition) is 4. The van der Waals surface area contributed by atoms with Gasteiger partial charge in [-0.3, -0.25) is 9.59 Å². The van der Waals surface area contributed by atoms with E-state index in [9.17, 15) is 9.59 Å². The summed E-state index contributed by atoms with van der Waals surface area (Å²) in [7, 11) is 0. The van der Waals surface area contributed by atoms with E-state index in [4.69, 9.17) is 9.47 Å². The first-order valence-corrected chi connectivity index (χ1v) is 11.5. The van der Waals surface area contributed by atoms with E-state index in [1.807, 2.05) is 66.6 Å². The van der Waals surface area contributed by atoms with Crippen molar-refractivity contribution in [3.8, 4) is 11.5 Å². The van der Waals surface area contributed by atoms with E-state index < -0.39 is 6.04 Å². The van der Waals surface area contributed by atoms with Gasteiger partial charge in [-0.05, 0) is 30.7 Å². The molecule has 4 rings (SSSR count). The molecule has 1 saturated heterocycles. The molecule has 1 atom stereocenters. The Hall–Kier alpha value is -3.48. The third-order valence-electron chi connectivity index (χ3n) is 5.97. The third kappa shape index (κ3) is 5.48. The molecule has 33 heavy (non-hydrogen) atoms. The summed E-state index contributed by atoms with van der Waals surface area (Å²) in [5, 5.41) is 3.93. The first-order chi connectivity index (χ1) is 16.0. The summed E-state index contributed by atoms with van der Waals surface area (Å²) in [6.07, 6.45) is 3.84. The highest BCUT2D eigenvalue weighted by molar-refractivity contribution is 5.89. The lowest BCUT2D eigenvalue weighted by Gasteiger charge is -2.34. The minimum Gasteiger partial charge on any atom is -0.490 e. The molecule has 2 aromatic carbocycles. The van der Waals surface area contributed by atoms with E-state index >= 15 is 0 Å². The van der Waals surface area contributed by atoms with Gasteiger partial charge in [-0.15, -0.1) is 0 Å². The predicted molar refractivity (Wildman–Crippen MR) is 127 cm³/mol. The van der Waals surface area contributed by atoms with E-state index in [2.05, 4.69) is 10.3 Å². The van der Waals surface area contributed by atoms with Crippen molar-refractivity contribution >= 4 is 22.7 Å². The van der Waals surface area contributed by atoms with E-state index in [1.165, 1.54) is 6.92 Å². The molecular weight excluding hydrogens is 418 g/mol. The highest BCUT2D eigenvalue weighted by atomic mass is 16.5. The van der Waals surface area contributed by atoms with Gasteiger partial charge in [-0.25, -0.2) is 0 Å². The van der Waals surface area contributed by atoms with Gasteiger partial charge >= 0.3 is 0 Å².